The van der Waals surface area contributed by atoms with E-state index in [1.807, 2.05) is 50.2 Å². The predicted molar refractivity (Wildman–Crippen MR) is 179 cm³/mol. The molecule has 0 bridgehead atoms. The van der Waals surface area contributed by atoms with Gasteiger partial charge >= 0.3 is 5.97 Å². The van der Waals surface area contributed by atoms with Crippen LogP contribution in [-0.4, -0.2) is 87.9 Å². The van der Waals surface area contributed by atoms with Crippen LogP contribution in [0.15, 0.2) is 54.7 Å². The number of pyridine rings is 1. The van der Waals surface area contributed by atoms with Gasteiger partial charge in [-0.2, -0.15) is 0 Å². The number of Topliss-reactive ketones (excluding diaryl/α,β-unsaturated/α-hetero) is 1. The number of nitrogens with one attached hydrogen (secondary N) is 1. The van der Waals surface area contributed by atoms with Crippen molar-refractivity contribution in [3.05, 3.63) is 71.0 Å². The summed E-state index contributed by atoms with van der Waals surface area (Å²) < 4.78 is 13.1. The van der Waals surface area contributed by atoms with Crippen LogP contribution >= 0.6 is 11.6 Å². The van der Waals surface area contributed by atoms with E-state index in [9.17, 15) is 19.5 Å². The Balaban J connectivity index is 1.26. The van der Waals surface area contributed by atoms with Gasteiger partial charge in [-0.05, 0) is 81.5 Å². The van der Waals surface area contributed by atoms with Crippen molar-refractivity contribution in [1.82, 2.24) is 14.8 Å². The van der Waals surface area contributed by atoms with E-state index in [0.29, 0.717) is 60.7 Å². The molecule has 1 amide bonds. The van der Waals surface area contributed by atoms with E-state index < -0.39 is 11.8 Å². The summed E-state index contributed by atoms with van der Waals surface area (Å²) in [5.74, 6) is -2.93. The van der Waals surface area contributed by atoms with Crippen molar-refractivity contribution < 1.29 is 29.0 Å². The molecule has 1 saturated carbocycles. The van der Waals surface area contributed by atoms with Crippen LogP contribution in [0, 0.1) is 5.92 Å². The summed E-state index contributed by atoms with van der Waals surface area (Å²) in [5.41, 5.74) is 1.44. The number of carbonyl (C=O) groups excluding carboxylic acids is 2. The fourth-order valence-electron chi connectivity index (χ4n) is 7.43. The number of ether oxygens (including phenoxy) is 2. The van der Waals surface area contributed by atoms with Crippen LogP contribution < -0.4 is 5.32 Å². The molecule has 1 aromatic heterocycles. The third-order valence-corrected chi connectivity index (χ3v) is 9.95. The predicted octanol–water partition coefficient (Wildman–Crippen LogP) is 5.77. The third kappa shape index (κ3) is 7.22. The number of ketones is 1. The fourth-order valence-corrected chi connectivity index (χ4v) is 7.68. The van der Waals surface area contributed by atoms with Gasteiger partial charge in [0.25, 0.3) is 5.91 Å². The SMILES string of the molecule is C[C@@H]1CN(C(O[C@H]2CC[C@H](C(=O)O)CC2)(C(=O)Cc2ccc(NC(=O)c3nccc4ccccc34)c(Cl)c2)N2CCCC2)C[C@H](C)O1. The summed E-state index contributed by atoms with van der Waals surface area (Å²) in [4.78, 5) is 48.3. The van der Waals surface area contributed by atoms with Gasteiger partial charge in [0.15, 0.2) is 5.78 Å². The number of nitrogens with zero attached hydrogens (tertiary/aromatic N) is 3. The number of hydrogen-bond acceptors (Lipinski definition) is 8. The van der Waals surface area contributed by atoms with E-state index >= 15 is 0 Å². The number of benzene rings is 2. The minimum Gasteiger partial charge on any atom is -0.481 e. The van der Waals surface area contributed by atoms with Gasteiger partial charge in [-0.3, -0.25) is 29.2 Å². The summed E-state index contributed by atoms with van der Waals surface area (Å²) in [5, 5.41) is 14.4. The molecule has 10 nitrogen and oxygen atoms in total. The Morgan fingerprint density at radius 3 is 2.38 bits per heavy atom. The van der Waals surface area contributed by atoms with Gasteiger partial charge in [-0.1, -0.05) is 41.9 Å². The number of aromatic nitrogens is 1. The Labute approximate surface area is 280 Å². The van der Waals surface area contributed by atoms with Gasteiger partial charge < -0.3 is 19.9 Å². The minimum atomic E-state index is -1.32. The van der Waals surface area contributed by atoms with Crippen molar-refractivity contribution in [3.8, 4) is 0 Å². The number of likely N-dealkylation sites (tertiary alicyclic amines) is 1. The van der Waals surface area contributed by atoms with Gasteiger partial charge in [0, 0.05) is 44.2 Å². The normalized spacial score (nSPS) is 25.3. The summed E-state index contributed by atoms with van der Waals surface area (Å²) >= 11 is 6.72. The van der Waals surface area contributed by atoms with Crippen LogP contribution in [0.3, 0.4) is 0 Å². The van der Waals surface area contributed by atoms with Crippen LogP contribution in [0.1, 0.15) is 68.4 Å². The average molecular weight is 663 g/mol. The van der Waals surface area contributed by atoms with Crippen molar-refractivity contribution in [3.63, 3.8) is 0 Å². The fraction of sp³-hybridized carbons (Fsp3) is 0.500. The van der Waals surface area contributed by atoms with Crippen molar-refractivity contribution in [2.45, 2.75) is 83.0 Å². The first-order valence-electron chi connectivity index (χ1n) is 16.7. The maximum atomic E-state index is 14.8. The molecule has 2 aromatic carbocycles. The highest BCUT2D eigenvalue weighted by atomic mass is 35.5. The molecular formula is C36H43ClN4O6. The number of amides is 1. The number of carboxylic acid groups (broad SMARTS) is 1. The molecule has 1 aliphatic carbocycles. The van der Waals surface area contributed by atoms with E-state index in [2.05, 4.69) is 20.1 Å². The van der Waals surface area contributed by atoms with Crippen LogP contribution in [-0.2, 0) is 25.5 Å². The van der Waals surface area contributed by atoms with Crippen molar-refractivity contribution in [2.75, 3.05) is 31.5 Å². The first-order chi connectivity index (χ1) is 22.6. The lowest BCUT2D eigenvalue weighted by Gasteiger charge is -2.52. The van der Waals surface area contributed by atoms with Crippen molar-refractivity contribution in [2.24, 2.45) is 5.92 Å². The standard InChI is InChI=1S/C36H43ClN4O6/c1-23-21-41(22-24(2)46-23)36(40-17-5-6-18-40,47-28-12-10-27(11-13-28)35(44)45)32(42)20-25-9-14-31(30(37)19-25)39-34(43)33-29-8-4-3-7-26(29)15-16-38-33/h3-4,7-9,14-16,19,23-24,27-28H,5-6,10-13,17-18,20-22H2,1-2H3,(H,39,43)(H,44,45)/t23-,24+,27-,28-,36?. The molecule has 0 radical (unpaired) electrons. The van der Waals surface area contributed by atoms with E-state index in [1.165, 1.54) is 0 Å². The number of morpholine rings is 1. The molecule has 250 valence electrons. The second-order valence-corrected chi connectivity index (χ2v) is 13.6. The molecule has 11 heteroatoms. The molecule has 47 heavy (non-hydrogen) atoms. The largest absolute Gasteiger partial charge is 0.481 e. The van der Waals surface area contributed by atoms with Crippen molar-refractivity contribution in [1.29, 1.82) is 0 Å². The van der Waals surface area contributed by atoms with E-state index in [0.717, 1.165) is 36.7 Å². The molecule has 3 aromatic rings. The van der Waals surface area contributed by atoms with Gasteiger partial charge in [-0.25, -0.2) is 0 Å². The number of rotatable bonds is 10. The Bertz CT molecular complexity index is 1610. The monoisotopic (exact) mass is 662 g/mol. The van der Waals surface area contributed by atoms with E-state index in [1.54, 1.807) is 18.3 Å². The number of aliphatic carboxylic acids is 1. The molecule has 3 heterocycles. The Hall–Kier alpha value is -3.41. The van der Waals surface area contributed by atoms with Gasteiger partial charge in [-0.15, -0.1) is 0 Å². The highest BCUT2D eigenvalue weighted by molar-refractivity contribution is 6.34. The first-order valence-corrected chi connectivity index (χ1v) is 17.0. The summed E-state index contributed by atoms with van der Waals surface area (Å²) in [6.07, 6.45) is 5.40. The second kappa shape index (κ2) is 14.4. The van der Waals surface area contributed by atoms with Crippen molar-refractivity contribution >= 4 is 45.7 Å². The Kier molecular flexibility index (Phi) is 10.2. The molecule has 0 spiro atoms. The summed E-state index contributed by atoms with van der Waals surface area (Å²) in [6, 6.07) is 14.7. The van der Waals surface area contributed by atoms with Crippen LogP contribution in [0.5, 0.6) is 0 Å². The topological polar surface area (TPSA) is 121 Å². The van der Waals surface area contributed by atoms with Gasteiger partial charge in [0.2, 0.25) is 5.85 Å². The molecule has 1 unspecified atom stereocenters. The number of anilines is 1. The molecular weight excluding hydrogens is 620 g/mol. The summed E-state index contributed by atoms with van der Waals surface area (Å²) in [6.45, 7) is 6.55. The Morgan fingerprint density at radius 2 is 1.70 bits per heavy atom. The average Bonchev–Trinajstić information content (AvgIpc) is 3.60. The van der Waals surface area contributed by atoms with Crippen LogP contribution in [0.4, 0.5) is 5.69 Å². The maximum Gasteiger partial charge on any atom is 0.306 e. The number of fused-ring (bicyclic) bond motifs is 1. The quantitative estimate of drug-likeness (QED) is 0.279. The van der Waals surface area contributed by atoms with E-state index in [-0.39, 0.29) is 42.3 Å². The molecule has 2 saturated heterocycles. The Morgan fingerprint density at radius 1 is 1.00 bits per heavy atom. The molecule has 3 aliphatic rings. The lowest BCUT2D eigenvalue weighted by atomic mass is 9.87. The summed E-state index contributed by atoms with van der Waals surface area (Å²) in [7, 11) is 0. The smallest absolute Gasteiger partial charge is 0.306 e. The lowest BCUT2D eigenvalue weighted by molar-refractivity contribution is -0.274. The maximum absolute atomic E-state index is 14.8. The van der Waals surface area contributed by atoms with Gasteiger partial charge in [0.05, 0.1) is 34.9 Å². The molecule has 3 atom stereocenters. The number of carboxylic acids is 1. The third-order valence-electron chi connectivity index (χ3n) is 9.64. The zero-order valence-corrected chi connectivity index (χ0v) is 27.7. The van der Waals surface area contributed by atoms with Gasteiger partial charge in [0.1, 0.15) is 5.69 Å². The van der Waals surface area contributed by atoms with E-state index in [4.69, 9.17) is 21.1 Å². The molecule has 2 N–H and O–H groups in total. The molecule has 3 fully saturated rings. The number of hydrogen-bond donors (Lipinski definition) is 2. The first kappa shape index (κ1) is 33.5. The number of carbonyl (C=O) groups is 3. The minimum absolute atomic E-state index is 0.0694. The van der Waals surface area contributed by atoms with Crippen LogP contribution in [0.2, 0.25) is 5.02 Å². The second-order valence-electron chi connectivity index (χ2n) is 13.1. The molecule has 6 rings (SSSR count). The zero-order valence-electron chi connectivity index (χ0n) is 27.0. The van der Waals surface area contributed by atoms with Crippen LogP contribution in [0.25, 0.3) is 10.8 Å². The molecule has 2 aliphatic heterocycles. The highest BCUT2D eigenvalue weighted by Crippen LogP contribution is 2.37. The number of halogens is 1. The lowest BCUT2D eigenvalue weighted by Crippen LogP contribution is -2.71. The zero-order chi connectivity index (χ0) is 33.1. The highest BCUT2D eigenvalue weighted by Gasteiger charge is 2.54.